The van der Waals surface area contributed by atoms with Gasteiger partial charge in [0.15, 0.2) is 0 Å². The minimum absolute atomic E-state index is 0.0304. The number of anilines is 2. The maximum Gasteiger partial charge on any atom is 0.573 e. The van der Waals surface area contributed by atoms with E-state index in [4.69, 9.17) is 26.1 Å². The fourth-order valence-electron chi connectivity index (χ4n) is 9.42. The molecule has 0 radical (unpaired) electrons. The van der Waals surface area contributed by atoms with Crippen LogP contribution in [0.3, 0.4) is 0 Å². The largest absolute Gasteiger partial charge is 0.573 e. The highest BCUT2D eigenvalue weighted by Crippen LogP contribution is 2.42. The van der Waals surface area contributed by atoms with E-state index in [0.717, 1.165) is 6.07 Å². The number of benzene rings is 3. The van der Waals surface area contributed by atoms with E-state index >= 15 is 0 Å². The number of alkyl halides is 3. The maximum atomic E-state index is 14.3. The molecule has 2 aromatic heterocycles. The van der Waals surface area contributed by atoms with E-state index < -0.39 is 41.6 Å². The predicted octanol–water partition coefficient (Wildman–Crippen LogP) is 8.73. The summed E-state index contributed by atoms with van der Waals surface area (Å²) < 4.78 is 56.8. The normalized spacial score (nSPS) is 20.0. The second kappa shape index (κ2) is 18.9. The van der Waals surface area contributed by atoms with Crippen LogP contribution in [0.5, 0.6) is 5.75 Å². The molecule has 3 saturated heterocycles. The Morgan fingerprint density at radius 2 is 1.73 bits per heavy atom. The minimum atomic E-state index is -5.08. The Kier molecular flexibility index (Phi) is 13.3. The molecule has 3 aromatic carbocycles. The second-order valence-corrected chi connectivity index (χ2v) is 19.1. The van der Waals surface area contributed by atoms with Gasteiger partial charge >= 0.3 is 12.5 Å². The molecule has 3 fully saturated rings. The van der Waals surface area contributed by atoms with Gasteiger partial charge in [0.25, 0.3) is 5.91 Å². The van der Waals surface area contributed by atoms with Gasteiger partial charge in [-0.1, -0.05) is 57.5 Å². The summed E-state index contributed by atoms with van der Waals surface area (Å²) in [6.45, 7) is 12.8. The molecule has 8 rings (SSSR count). The number of nitrogens with one attached hydrogen (secondary N) is 3. The van der Waals surface area contributed by atoms with Crippen LogP contribution in [-0.4, -0.2) is 114 Å². The lowest BCUT2D eigenvalue weighted by Gasteiger charge is -2.42. The molecule has 0 spiro atoms. The Hall–Kier alpha value is -6.14. The van der Waals surface area contributed by atoms with Crippen molar-refractivity contribution in [2.45, 2.75) is 78.4 Å². The van der Waals surface area contributed by atoms with Crippen molar-refractivity contribution in [1.29, 1.82) is 0 Å². The average molecular weight is 947 g/mol. The van der Waals surface area contributed by atoms with Gasteiger partial charge in [0, 0.05) is 74.1 Å². The van der Waals surface area contributed by atoms with E-state index in [1.54, 1.807) is 35.2 Å². The zero-order valence-corrected chi connectivity index (χ0v) is 38.9. The van der Waals surface area contributed by atoms with Crippen molar-refractivity contribution in [1.82, 2.24) is 30.1 Å². The predicted molar refractivity (Wildman–Crippen MR) is 247 cm³/mol. The third kappa shape index (κ3) is 10.2. The molecule has 356 valence electrons. The Balaban J connectivity index is 1.02. The van der Waals surface area contributed by atoms with Gasteiger partial charge in [-0.2, -0.15) is 0 Å². The quantitative estimate of drug-likeness (QED) is 0.130. The van der Waals surface area contributed by atoms with Crippen molar-refractivity contribution in [3.63, 3.8) is 0 Å². The Labute approximate surface area is 390 Å². The van der Waals surface area contributed by atoms with E-state index in [9.17, 15) is 32.3 Å². The fourth-order valence-corrected chi connectivity index (χ4v) is 9.63. The zero-order valence-electron chi connectivity index (χ0n) is 38.1. The number of hydrogen-bond acceptors (Lipinski definition) is 10. The number of fused-ring (bicyclic) bond motifs is 3. The van der Waals surface area contributed by atoms with E-state index in [2.05, 4.69) is 37.2 Å². The summed E-state index contributed by atoms with van der Waals surface area (Å²) >= 11 is 6.68. The SMILES string of the molecule is COC(=O)N[C@H](C(=O)N1C[C@@H](C)C[C@H]1c1nc2c(ccc3cc(-c4cc(Cl)c(NC(=O)c5ccc(N6CCN(C(=O)C(C)(C)C)CC6C)nc5)cc4OC(F)(F)F)ccc32)[nH]1)C1CCOCC1. The molecule has 3 aliphatic heterocycles. The summed E-state index contributed by atoms with van der Waals surface area (Å²) in [7, 11) is 1.26. The first-order chi connectivity index (χ1) is 31.8. The molecular weight excluding hydrogens is 893 g/mol. The first-order valence-corrected chi connectivity index (χ1v) is 22.7. The van der Waals surface area contributed by atoms with Crippen LogP contribution in [0.1, 0.15) is 76.1 Å². The standard InChI is InChI=1S/C48H54ClF3N8O7/c1-26-19-37(60(24-26)44(62)40(57-46(64)65-6)28-13-17-66-18-14-28)42-54-35-11-8-29-20-30(7-10-32(29)41(35)56-42)33-21-34(49)36(22-38(33)67-48(50,51)52)55-43(61)31-9-12-39(53-23-31)59-16-15-58(25-27(59)2)45(63)47(3,4)5/h7-12,20-23,26-28,37,40H,13-19,24-25H2,1-6H3,(H,54,56)(H,55,61)(H,57,64)/t26-,27?,37-,40-/m0/s1. The van der Waals surface area contributed by atoms with Gasteiger partial charge in [-0.25, -0.2) is 14.8 Å². The van der Waals surface area contributed by atoms with Crippen LogP contribution < -0.4 is 20.3 Å². The number of H-pyrrole nitrogens is 1. The summed E-state index contributed by atoms with van der Waals surface area (Å²) in [5, 5.41) is 6.73. The number of aromatic amines is 1. The van der Waals surface area contributed by atoms with Crippen LogP contribution >= 0.6 is 11.6 Å². The van der Waals surface area contributed by atoms with Crippen LogP contribution in [0.15, 0.2) is 60.8 Å². The van der Waals surface area contributed by atoms with Gasteiger partial charge < -0.3 is 44.5 Å². The smallest absolute Gasteiger partial charge is 0.453 e. The molecule has 0 saturated carbocycles. The number of alkyl carbamates (subject to hydrolysis) is 1. The molecule has 19 heteroatoms. The van der Waals surface area contributed by atoms with Crippen molar-refractivity contribution in [3.8, 4) is 16.9 Å². The zero-order chi connectivity index (χ0) is 47.9. The molecule has 5 aromatic rings. The van der Waals surface area contributed by atoms with Gasteiger partial charge in [0.1, 0.15) is 23.4 Å². The van der Waals surface area contributed by atoms with Crippen LogP contribution in [0.25, 0.3) is 32.9 Å². The topological polar surface area (TPSA) is 171 Å². The van der Waals surface area contributed by atoms with Crippen LogP contribution in [0.2, 0.25) is 5.02 Å². The van der Waals surface area contributed by atoms with Crippen molar-refractivity contribution < 1.29 is 46.6 Å². The maximum absolute atomic E-state index is 14.3. The van der Waals surface area contributed by atoms with Crippen LogP contribution in [-0.2, 0) is 19.1 Å². The summed E-state index contributed by atoms with van der Waals surface area (Å²) in [6, 6.07) is 13.1. The number of carbonyl (C=O) groups is 4. The lowest BCUT2D eigenvalue weighted by molar-refractivity contribution is -0.274. The van der Waals surface area contributed by atoms with Gasteiger partial charge in [-0.3, -0.25) is 14.4 Å². The number of rotatable bonds is 9. The average Bonchev–Trinajstić information content (AvgIpc) is 3.92. The van der Waals surface area contributed by atoms with E-state index in [0.29, 0.717) is 97.7 Å². The molecule has 67 heavy (non-hydrogen) atoms. The molecule has 5 heterocycles. The number of imidazole rings is 1. The number of carbonyl (C=O) groups excluding carboxylic acids is 4. The minimum Gasteiger partial charge on any atom is -0.453 e. The van der Waals surface area contributed by atoms with Gasteiger partial charge in [0.05, 0.1) is 40.5 Å². The molecule has 3 aliphatic rings. The second-order valence-electron chi connectivity index (χ2n) is 18.7. The number of ether oxygens (including phenoxy) is 3. The number of amides is 4. The first kappa shape index (κ1) is 47.4. The summed E-state index contributed by atoms with van der Waals surface area (Å²) in [5.74, 6) is -0.171. The molecule has 0 bridgehead atoms. The van der Waals surface area contributed by atoms with Crippen LogP contribution in [0, 0.1) is 17.3 Å². The Morgan fingerprint density at radius 3 is 2.40 bits per heavy atom. The van der Waals surface area contributed by atoms with Gasteiger partial charge in [0.2, 0.25) is 11.8 Å². The van der Waals surface area contributed by atoms with Gasteiger partial charge in [-0.05, 0) is 79.3 Å². The van der Waals surface area contributed by atoms with Crippen molar-refractivity contribution in [3.05, 3.63) is 77.2 Å². The van der Waals surface area contributed by atoms with E-state index in [1.165, 1.54) is 19.4 Å². The Morgan fingerprint density at radius 1 is 0.970 bits per heavy atom. The highest BCUT2D eigenvalue weighted by atomic mass is 35.5. The first-order valence-electron chi connectivity index (χ1n) is 22.4. The lowest BCUT2D eigenvalue weighted by atomic mass is 9.90. The molecule has 4 atom stereocenters. The van der Waals surface area contributed by atoms with E-state index in [-0.39, 0.29) is 51.5 Å². The number of piperazine rings is 1. The lowest BCUT2D eigenvalue weighted by Crippen LogP contribution is -2.56. The number of nitrogens with zero attached hydrogens (tertiary/aromatic N) is 5. The number of pyridine rings is 1. The number of methoxy groups -OCH3 is 1. The van der Waals surface area contributed by atoms with Gasteiger partial charge in [-0.15, -0.1) is 13.2 Å². The third-order valence-corrected chi connectivity index (χ3v) is 13.1. The monoisotopic (exact) mass is 946 g/mol. The number of hydrogen-bond donors (Lipinski definition) is 3. The highest BCUT2D eigenvalue weighted by Gasteiger charge is 2.42. The summed E-state index contributed by atoms with van der Waals surface area (Å²) in [4.78, 5) is 71.5. The summed E-state index contributed by atoms with van der Waals surface area (Å²) in [5.41, 5.74) is 1.24. The number of likely N-dealkylation sites (tertiary alicyclic amines) is 1. The molecule has 0 aliphatic carbocycles. The fraction of sp³-hybridized carbons (Fsp3) is 0.458. The molecule has 3 N–H and O–H groups in total. The summed E-state index contributed by atoms with van der Waals surface area (Å²) in [6.07, 6.45) is -2.52. The van der Waals surface area contributed by atoms with Crippen molar-refractivity contribution in [2.24, 2.45) is 17.3 Å². The number of aromatic nitrogens is 3. The third-order valence-electron chi connectivity index (χ3n) is 12.8. The highest BCUT2D eigenvalue weighted by molar-refractivity contribution is 6.34. The molecule has 1 unspecified atom stereocenters. The molecular formula is C48H54ClF3N8O7. The van der Waals surface area contributed by atoms with Crippen molar-refractivity contribution >= 4 is 68.7 Å². The molecule has 4 amide bonds. The molecule has 15 nitrogen and oxygen atoms in total. The Bertz CT molecular complexity index is 2680. The number of halogens is 4. The van der Waals surface area contributed by atoms with E-state index in [1.807, 2.05) is 44.7 Å². The van der Waals surface area contributed by atoms with Crippen LogP contribution in [0.4, 0.5) is 29.5 Å². The van der Waals surface area contributed by atoms with Crippen molar-refractivity contribution in [2.75, 3.05) is 56.7 Å².